The third-order valence-electron chi connectivity index (χ3n) is 2.38. The van der Waals surface area contributed by atoms with Crippen molar-refractivity contribution in [1.82, 2.24) is 14.9 Å². The number of thioether (sulfide) groups is 1. The van der Waals surface area contributed by atoms with Crippen molar-refractivity contribution in [3.05, 3.63) is 30.6 Å². The zero-order valence-electron chi connectivity index (χ0n) is 11.8. The zero-order chi connectivity index (χ0) is 15.2. The van der Waals surface area contributed by atoms with E-state index in [2.05, 4.69) is 15.5 Å². The van der Waals surface area contributed by atoms with E-state index in [1.54, 1.807) is 12.1 Å². The van der Waals surface area contributed by atoms with Gasteiger partial charge in [0.25, 0.3) is 0 Å². The van der Waals surface area contributed by atoms with Gasteiger partial charge in [-0.2, -0.15) is 0 Å². The number of carbonyl (C=O) groups is 1. The standard InChI is InChI=1S/C13H17N5O2S/c1-9(2)20-11-5-3-10(4-6-11)16-12(19)7-21-13-17-15-8-18(13)14/h3-6,8-9H,7,14H2,1-2H3,(H,16,19). The molecule has 0 bridgehead atoms. The van der Waals surface area contributed by atoms with Crippen molar-refractivity contribution < 1.29 is 9.53 Å². The van der Waals surface area contributed by atoms with Crippen LogP contribution in [0.15, 0.2) is 35.7 Å². The van der Waals surface area contributed by atoms with Crippen LogP contribution in [0, 0.1) is 0 Å². The van der Waals surface area contributed by atoms with Crippen molar-refractivity contribution >= 4 is 23.4 Å². The van der Waals surface area contributed by atoms with Crippen LogP contribution in [0.1, 0.15) is 13.8 Å². The minimum atomic E-state index is -0.138. The second kappa shape index (κ2) is 6.98. The van der Waals surface area contributed by atoms with Crippen molar-refractivity contribution in [2.75, 3.05) is 16.9 Å². The number of rotatable bonds is 6. The average Bonchev–Trinajstić information content (AvgIpc) is 2.84. The van der Waals surface area contributed by atoms with Gasteiger partial charge < -0.3 is 15.9 Å². The van der Waals surface area contributed by atoms with Gasteiger partial charge in [-0.15, -0.1) is 10.2 Å². The first-order chi connectivity index (χ1) is 10.0. The van der Waals surface area contributed by atoms with Gasteiger partial charge in [-0.05, 0) is 38.1 Å². The van der Waals surface area contributed by atoms with Gasteiger partial charge in [-0.3, -0.25) is 4.79 Å². The fourth-order valence-corrected chi connectivity index (χ4v) is 2.18. The van der Waals surface area contributed by atoms with Gasteiger partial charge in [0.1, 0.15) is 12.1 Å². The highest BCUT2D eigenvalue weighted by atomic mass is 32.2. The van der Waals surface area contributed by atoms with Crippen LogP contribution in [0.3, 0.4) is 0 Å². The second-order valence-electron chi connectivity index (χ2n) is 4.55. The van der Waals surface area contributed by atoms with Gasteiger partial charge in [-0.1, -0.05) is 11.8 Å². The molecule has 0 saturated heterocycles. The molecule has 0 radical (unpaired) electrons. The van der Waals surface area contributed by atoms with Crippen LogP contribution in [0.25, 0.3) is 0 Å². The predicted molar refractivity (Wildman–Crippen MR) is 81.7 cm³/mol. The Hall–Kier alpha value is -2.22. The molecule has 0 unspecified atom stereocenters. The van der Waals surface area contributed by atoms with E-state index in [4.69, 9.17) is 10.6 Å². The number of anilines is 1. The molecule has 0 spiro atoms. The molecule has 0 fully saturated rings. The molecule has 1 aromatic heterocycles. The minimum absolute atomic E-state index is 0.121. The van der Waals surface area contributed by atoms with Gasteiger partial charge in [0.15, 0.2) is 0 Å². The average molecular weight is 307 g/mol. The molecule has 1 aromatic carbocycles. The van der Waals surface area contributed by atoms with Crippen LogP contribution in [-0.4, -0.2) is 32.6 Å². The molecule has 7 nitrogen and oxygen atoms in total. The van der Waals surface area contributed by atoms with Crippen LogP contribution in [-0.2, 0) is 4.79 Å². The van der Waals surface area contributed by atoms with Crippen LogP contribution in [0.4, 0.5) is 5.69 Å². The van der Waals surface area contributed by atoms with E-state index in [9.17, 15) is 4.79 Å². The third kappa shape index (κ3) is 4.67. The van der Waals surface area contributed by atoms with E-state index in [0.29, 0.717) is 10.8 Å². The van der Waals surface area contributed by atoms with Crippen LogP contribution in [0.2, 0.25) is 0 Å². The fourth-order valence-electron chi connectivity index (χ4n) is 1.55. The summed E-state index contributed by atoms with van der Waals surface area (Å²) in [6.45, 7) is 3.92. The summed E-state index contributed by atoms with van der Waals surface area (Å²) in [4.78, 5) is 11.8. The van der Waals surface area contributed by atoms with Crippen LogP contribution >= 0.6 is 11.8 Å². The van der Waals surface area contributed by atoms with Crippen LogP contribution in [0.5, 0.6) is 5.75 Å². The van der Waals surface area contributed by atoms with E-state index in [1.165, 1.54) is 22.8 Å². The molecule has 0 aliphatic heterocycles. The first-order valence-electron chi connectivity index (χ1n) is 6.39. The van der Waals surface area contributed by atoms with E-state index in [1.807, 2.05) is 26.0 Å². The Morgan fingerprint density at radius 3 is 2.71 bits per heavy atom. The summed E-state index contributed by atoms with van der Waals surface area (Å²) in [5, 5.41) is 10.7. The zero-order valence-corrected chi connectivity index (χ0v) is 12.6. The summed E-state index contributed by atoms with van der Waals surface area (Å²) >= 11 is 1.22. The maximum absolute atomic E-state index is 11.8. The number of aromatic nitrogens is 3. The molecule has 0 saturated carbocycles. The number of hydrogen-bond acceptors (Lipinski definition) is 6. The van der Waals surface area contributed by atoms with Crippen molar-refractivity contribution in [3.63, 3.8) is 0 Å². The van der Waals surface area contributed by atoms with E-state index < -0.39 is 0 Å². The molecule has 8 heteroatoms. The molecular formula is C13H17N5O2S. The summed E-state index contributed by atoms with van der Waals surface area (Å²) < 4.78 is 6.81. The number of ether oxygens (including phenoxy) is 1. The number of nitrogens with one attached hydrogen (secondary N) is 1. The third-order valence-corrected chi connectivity index (χ3v) is 3.34. The number of benzene rings is 1. The highest BCUT2D eigenvalue weighted by molar-refractivity contribution is 7.99. The molecule has 0 atom stereocenters. The molecule has 0 aliphatic carbocycles. The molecular weight excluding hydrogens is 290 g/mol. The van der Waals surface area contributed by atoms with Gasteiger partial charge in [0.2, 0.25) is 11.1 Å². The molecule has 112 valence electrons. The number of carbonyl (C=O) groups excluding carboxylic acids is 1. The van der Waals surface area contributed by atoms with Crippen molar-refractivity contribution in [2.45, 2.75) is 25.1 Å². The predicted octanol–water partition coefficient (Wildman–Crippen LogP) is 1.51. The number of nitrogens with zero attached hydrogens (tertiary/aromatic N) is 3. The Balaban J connectivity index is 1.83. The summed E-state index contributed by atoms with van der Waals surface area (Å²) in [6.07, 6.45) is 1.50. The quantitative estimate of drug-likeness (QED) is 0.620. The Morgan fingerprint density at radius 2 is 2.14 bits per heavy atom. The highest BCUT2D eigenvalue weighted by Gasteiger charge is 2.08. The van der Waals surface area contributed by atoms with Crippen molar-refractivity contribution in [2.24, 2.45) is 0 Å². The maximum Gasteiger partial charge on any atom is 0.234 e. The van der Waals surface area contributed by atoms with Gasteiger partial charge in [-0.25, -0.2) is 4.68 Å². The van der Waals surface area contributed by atoms with Crippen molar-refractivity contribution in [1.29, 1.82) is 0 Å². The van der Waals surface area contributed by atoms with E-state index >= 15 is 0 Å². The lowest BCUT2D eigenvalue weighted by Gasteiger charge is -2.10. The molecule has 0 aliphatic rings. The lowest BCUT2D eigenvalue weighted by molar-refractivity contribution is -0.113. The SMILES string of the molecule is CC(C)Oc1ccc(NC(=O)CSc2nncn2N)cc1. The van der Waals surface area contributed by atoms with Gasteiger partial charge in [0.05, 0.1) is 11.9 Å². The molecule has 2 rings (SSSR count). The Labute approximate surface area is 126 Å². The normalized spacial score (nSPS) is 10.6. The summed E-state index contributed by atoms with van der Waals surface area (Å²) in [5.74, 6) is 6.40. The number of hydrogen-bond donors (Lipinski definition) is 2. The highest BCUT2D eigenvalue weighted by Crippen LogP contribution is 2.18. The second-order valence-corrected chi connectivity index (χ2v) is 5.49. The van der Waals surface area contributed by atoms with Gasteiger partial charge >= 0.3 is 0 Å². The van der Waals surface area contributed by atoms with Gasteiger partial charge in [0, 0.05) is 5.69 Å². The lowest BCUT2D eigenvalue weighted by Crippen LogP contribution is -2.15. The van der Waals surface area contributed by atoms with Crippen molar-refractivity contribution in [3.8, 4) is 5.75 Å². The summed E-state index contributed by atoms with van der Waals surface area (Å²) in [6, 6.07) is 7.23. The van der Waals surface area contributed by atoms with E-state index in [0.717, 1.165) is 5.75 Å². The summed E-state index contributed by atoms with van der Waals surface area (Å²) in [5.41, 5.74) is 0.714. The maximum atomic E-state index is 11.8. The topological polar surface area (TPSA) is 95.1 Å². The Morgan fingerprint density at radius 1 is 1.43 bits per heavy atom. The first-order valence-corrected chi connectivity index (χ1v) is 7.37. The van der Waals surface area contributed by atoms with Crippen LogP contribution < -0.4 is 15.9 Å². The number of nitrogen functional groups attached to an aromatic ring is 1. The number of nitrogens with two attached hydrogens (primary N) is 1. The molecule has 1 amide bonds. The smallest absolute Gasteiger partial charge is 0.234 e. The monoisotopic (exact) mass is 307 g/mol. The Bertz CT molecular complexity index is 597. The largest absolute Gasteiger partial charge is 0.491 e. The first kappa shape index (κ1) is 15.2. The minimum Gasteiger partial charge on any atom is -0.491 e. The number of amides is 1. The summed E-state index contributed by atoms with van der Waals surface area (Å²) in [7, 11) is 0. The molecule has 1 heterocycles. The Kier molecular flexibility index (Phi) is 5.04. The van der Waals surface area contributed by atoms with E-state index in [-0.39, 0.29) is 17.8 Å². The molecule has 3 N–H and O–H groups in total. The lowest BCUT2D eigenvalue weighted by atomic mass is 10.3. The fraction of sp³-hybridized carbons (Fsp3) is 0.308. The molecule has 21 heavy (non-hydrogen) atoms. The molecule has 2 aromatic rings.